The standard InChI is InChI=1S/C13H26N2O/c1-14-11-6-8-15(9-7-11)12-4-3-5-13(10-12)16-2/h11-14H,3-10H2,1-2H3. The van der Waals surface area contributed by atoms with Gasteiger partial charge in [0, 0.05) is 19.2 Å². The van der Waals surface area contributed by atoms with Gasteiger partial charge in [-0.15, -0.1) is 0 Å². The van der Waals surface area contributed by atoms with Gasteiger partial charge in [-0.2, -0.15) is 0 Å². The molecular formula is C13H26N2O. The van der Waals surface area contributed by atoms with E-state index in [0.717, 1.165) is 12.1 Å². The van der Waals surface area contributed by atoms with E-state index in [4.69, 9.17) is 4.74 Å². The van der Waals surface area contributed by atoms with Gasteiger partial charge in [0.05, 0.1) is 6.10 Å². The zero-order chi connectivity index (χ0) is 11.4. The Morgan fingerprint density at radius 2 is 1.88 bits per heavy atom. The normalized spacial score (nSPS) is 34.1. The predicted octanol–water partition coefficient (Wildman–Crippen LogP) is 1.63. The van der Waals surface area contributed by atoms with Gasteiger partial charge in [-0.05, 0) is 58.7 Å². The predicted molar refractivity (Wildman–Crippen MR) is 66.7 cm³/mol. The Kier molecular flexibility index (Phi) is 4.62. The molecule has 2 fully saturated rings. The van der Waals surface area contributed by atoms with Gasteiger partial charge in [0.2, 0.25) is 0 Å². The monoisotopic (exact) mass is 226 g/mol. The molecule has 0 radical (unpaired) electrons. The van der Waals surface area contributed by atoms with Gasteiger partial charge in [-0.25, -0.2) is 0 Å². The lowest BCUT2D eigenvalue weighted by atomic mass is 9.90. The van der Waals surface area contributed by atoms with E-state index in [9.17, 15) is 0 Å². The molecular weight excluding hydrogens is 200 g/mol. The first kappa shape index (κ1) is 12.3. The summed E-state index contributed by atoms with van der Waals surface area (Å²) in [5.74, 6) is 0. The van der Waals surface area contributed by atoms with E-state index in [1.54, 1.807) is 0 Å². The summed E-state index contributed by atoms with van der Waals surface area (Å²) in [6.45, 7) is 2.54. The summed E-state index contributed by atoms with van der Waals surface area (Å²) in [6, 6.07) is 1.54. The zero-order valence-corrected chi connectivity index (χ0v) is 10.7. The van der Waals surface area contributed by atoms with Crippen LogP contribution >= 0.6 is 0 Å². The lowest BCUT2D eigenvalue weighted by Crippen LogP contribution is -2.48. The van der Waals surface area contributed by atoms with Crippen molar-refractivity contribution in [2.75, 3.05) is 27.2 Å². The molecule has 1 saturated carbocycles. The molecule has 1 N–H and O–H groups in total. The molecule has 1 aliphatic carbocycles. The van der Waals surface area contributed by atoms with Crippen LogP contribution in [0, 0.1) is 0 Å². The molecule has 1 heterocycles. The average Bonchev–Trinajstić information content (AvgIpc) is 2.39. The molecule has 3 heteroatoms. The van der Waals surface area contributed by atoms with E-state index in [1.165, 1.54) is 51.6 Å². The van der Waals surface area contributed by atoms with Crippen molar-refractivity contribution < 1.29 is 4.74 Å². The van der Waals surface area contributed by atoms with Crippen molar-refractivity contribution in [1.82, 2.24) is 10.2 Å². The van der Waals surface area contributed by atoms with Crippen LogP contribution in [0.1, 0.15) is 38.5 Å². The van der Waals surface area contributed by atoms with E-state index in [0.29, 0.717) is 6.10 Å². The van der Waals surface area contributed by atoms with E-state index in [-0.39, 0.29) is 0 Å². The maximum atomic E-state index is 5.52. The van der Waals surface area contributed by atoms with Crippen LogP contribution in [0.2, 0.25) is 0 Å². The SMILES string of the molecule is CNC1CCN(C2CCCC(OC)C2)CC1. The van der Waals surface area contributed by atoms with E-state index >= 15 is 0 Å². The van der Waals surface area contributed by atoms with Gasteiger partial charge < -0.3 is 15.0 Å². The summed E-state index contributed by atoms with van der Waals surface area (Å²) >= 11 is 0. The van der Waals surface area contributed by atoms with Crippen molar-refractivity contribution in [1.29, 1.82) is 0 Å². The topological polar surface area (TPSA) is 24.5 Å². The second-order valence-corrected chi connectivity index (χ2v) is 5.28. The van der Waals surface area contributed by atoms with Crippen LogP contribution in [-0.4, -0.2) is 50.3 Å². The van der Waals surface area contributed by atoms with Crippen molar-refractivity contribution in [2.45, 2.75) is 56.7 Å². The highest BCUT2D eigenvalue weighted by Crippen LogP contribution is 2.26. The second kappa shape index (κ2) is 5.99. The summed E-state index contributed by atoms with van der Waals surface area (Å²) in [6.07, 6.45) is 8.37. The van der Waals surface area contributed by atoms with Gasteiger partial charge in [0.25, 0.3) is 0 Å². The molecule has 1 aliphatic heterocycles. The van der Waals surface area contributed by atoms with Crippen LogP contribution < -0.4 is 5.32 Å². The molecule has 94 valence electrons. The van der Waals surface area contributed by atoms with Gasteiger partial charge in [-0.3, -0.25) is 0 Å². The fourth-order valence-electron chi connectivity index (χ4n) is 3.22. The highest BCUT2D eigenvalue weighted by molar-refractivity contribution is 4.85. The van der Waals surface area contributed by atoms with E-state index in [1.807, 2.05) is 7.11 Å². The number of ether oxygens (including phenoxy) is 1. The number of nitrogens with zero attached hydrogens (tertiary/aromatic N) is 1. The van der Waals surface area contributed by atoms with Crippen LogP contribution in [0.4, 0.5) is 0 Å². The van der Waals surface area contributed by atoms with Crippen molar-refractivity contribution in [3.63, 3.8) is 0 Å². The molecule has 0 bridgehead atoms. The largest absolute Gasteiger partial charge is 0.381 e. The maximum absolute atomic E-state index is 5.52. The Morgan fingerprint density at radius 1 is 1.12 bits per heavy atom. The Hall–Kier alpha value is -0.120. The first-order valence-corrected chi connectivity index (χ1v) is 6.77. The highest BCUT2D eigenvalue weighted by Gasteiger charge is 2.29. The number of methoxy groups -OCH3 is 1. The first-order chi connectivity index (χ1) is 7.83. The molecule has 0 aromatic heterocycles. The van der Waals surface area contributed by atoms with Crippen LogP contribution in [-0.2, 0) is 4.74 Å². The molecule has 0 aromatic rings. The fraction of sp³-hybridized carbons (Fsp3) is 1.00. The number of hydrogen-bond acceptors (Lipinski definition) is 3. The Labute approximate surface area is 99.5 Å². The smallest absolute Gasteiger partial charge is 0.0586 e. The van der Waals surface area contributed by atoms with Crippen molar-refractivity contribution in [3.8, 4) is 0 Å². The zero-order valence-electron chi connectivity index (χ0n) is 10.7. The van der Waals surface area contributed by atoms with Crippen molar-refractivity contribution >= 4 is 0 Å². The minimum absolute atomic E-state index is 0.515. The molecule has 1 saturated heterocycles. The van der Waals surface area contributed by atoms with Crippen molar-refractivity contribution in [3.05, 3.63) is 0 Å². The van der Waals surface area contributed by atoms with Crippen LogP contribution in [0.3, 0.4) is 0 Å². The lowest BCUT2D eigenvalue weighted by molar-refractivity contribution is 0.0202. The molecule has 2 rings (SSSR count). The molecule has 3 nitrogen and oxygen atoms in total. The minimum Gasteiger partial charge on any atom is -0.381 e. The number of rotatable bonds is 3. The molecule has 0 aromatic carbocycles. The Bertz CT molecular complexity index is 202. The number of likely N-dealkylation sites (tertiary alicyclic amines) is 1. The fourth-order valence-corrected chi connectivity index (χ4v) is 3.22. The molecule has 0 amide bonds. The number of piperidine rings is 1. The third-order valence-corrected chi connectivity index (χ3v) is 4.39. The second-order valence-electron chi connectivity index (χ2n) is 5.28. The molecule has 0 spiro atoms. The lowest BCUT2D eigenvalue weighted by Gasteiger charge is -2.41. The highest BCUT2D eigenvalue weighted by atomic mass is 16.5. The van der Waals surface area contributed by atoms with E-state index in [2.05, 4.69) is 17.3 Å². The van der Waals surface area contributed by atoms with Crippen LogP contribution in [0.25, 0.3) is 0 Å². The van der Waals surface area contributed by atoms with E-state index < -0.39 is 0 Å². The third-order valence-electron chi connectivity index (χ3n) is 4.39. The molecule has 16 heavy (non-hydrogen) atoms. The summed E-state index contributed by atoms with van der Waals surface area (Å²) in [5.41, 5.74) is 0. The summed E-state index contributed by atoms with van der Waals surface area (Å²) < 4.78 is 5.52. The molecule has 2 unspecified atom stereocenters. The Morgan fingerprint density at radius 3 is 2.50 bits per heavy atom. The first-order valence-electron chi connectivity index (χ1n) is 6.77. The number of hydrogen-bond donors (Lipinski definition) is 1. The average molecular weight is 226 g/mol. The van der Waals surface area contributed by atoms with Crippen LogP contribution in [0.15, 0.2) is 0 Å². The van der Waals surface area contributed by atoms with Gasteiger partial charge in [0.1, 0.15) is 0 Å². The summed E-state index contributed by atoms with van der Waals surface area (Å²) in [7, 11) is 3.95. The van der Waals surface area contributed by atoms with Gasteiger partial charge in [-0.1, -0.05) is 0 Å². The minimum atomic E-state index is 0.515. The van der Waals surface area contributed by atoms with Gasteiger partial charge in [0.15, 0.2) is 0 Å². The number of nitrogens with one attached hydrogen (secondary N) is 1. The quantitative estimate of drug-likeness (QED) is 0.791. The third kappa shape index (κ3) is 2.96. The van der Waals surface area contributed by atoms with Crippen molar-refractivity contribution in [2.24, 2.45) is 0 Å². The molecule has 2 atom stereocenters. The van der Waals surface area contributed by atoms with Crippen LogP contribution in [0.5, 0.6) is 0 Å². The maximum Gasteiger partial charge on any atom is 0.0586 e. The van der Waals surface area contributed by atoms with Gasteiger partial charge >= 0.3 is 0 Å². The summed E-state index contributed by atoms with van der Waals surface area (Å²) in [4.78, 5) is 2.69. The molecule has 2 aliphatic rings. The summed E-state index contributed by atoms with van der Waals surface area (Å²) in [5, 5.41) is 3.40. The Balaban J connectivity index is 1.79.